The normalized spacial score (nSPS) is 12.0. The minimum atomic E-state index is -5.76. The van der Waals surface area contributed by atoms with Crippen LogP contribution in [0.1, 0.15) is 0 Å². The first-order valence-corrected chi connectivity index (χ1v) is 7.72. The first kappa shape index (κ1) is 21.9. The molecule has 4 N–H and O–H groups in total. The van der Waals surface area contributed by atoms with Crippen molar-refractivity contribution in [2.75, 3.05) is 0 Å². The molecule has 0 spiro atoms. The van der Waals surface area contributed by atoms with Gasteiger partial charge in [0.05, 0.1) is 0 Å². The molecule has 0 aromatic rings. The predicted molar refractivity (Wildman–Crippen MR) is 29.6 cm³/mol. The number of hydrogen-bond acceptors (Lipinski definition) is 7. The molecule has 0 amide bonds. The van der Waals surface area contributed by atoms with Crippen LogP contribution in [0.5, 0.6) is 0 Å². The summed E-state index contributed by atoms with van der Waals surface area (Å²) in [4.78, 5) is 0. The van der Waals surface area contributed by atoms with Crippen molar-refractivity contribution in [3.8, 4) is 0 Å². The second-order valence-electron chi connectivity index (χ2n) is 1.37. The van der Waals surface area contributed by atoms with Gasteiger partial charge in [0.1, 0.15) is 0 Å². The van der Waals surface area contributed by atoms with E-state index in [1.165, 1.54) is 0 Å². The number of rotatable bonds is 2. The Balaban J connectivity index is -0.000000208. The Morgan fingerprint density at radius 1 is 0.867 bits per heavy atom. The predicted octanol–water partition coefficient (Wildman–Crippen LogP) is -2.96. The van der Waals surface area contributed by atoms with Gasteiger partial charge in [0.15, 0.2) is 0 Å². The van der Waals surface area contributed by atoms with Crippen LogP contribution in [0.25, 0.3) is 0 Å². The zero-order valence-electron chi connectivity index (χ0n) is 5.87. The van der Waals surface area contributed by atoms with Crippen LogP contribution in [0, 0.1) is 0 Å². The Morgan fingerprint density at radius 3 is 1.00 bits per heavy atom. The molecule has 90 valence electrons. The molecule has 0 rings (SSSR count). The molecule has 0 fully saturated rings. The van der Waals surface area contributed by atoms with E-state index >= 15 is 0 Å². The second-order valence-corrected chi connectivity index (χ2v) is 6.03. The molecule has 0 bridgehead atoms. The Kier molecular flexibility index (Phi) is 11.5. The standard InChI is InChI=1S/2Cr.K.H2O4S.2H2O.5O.H/c;;;1-5(2,3)4;;;;;;;;/h;;;(H2,1,2,3,4);2*1H2;;;;;;/q2*+1;;;;;;;;;;/p-2. The van der Waals surface area contributed by atoms with Crippen molar-refractivity contribution in [2.24, 2.45) is 0 Å². The summed E-state index contributed by atoms with van der Waals surface area (Å²) < 4.78 is 87.8. The molecule has 15 heteroatoms. The van der Waals surface area contributed by atoms with Crippen LogP contribution in [0.3, 0.4) is 0 Å². The third-order valence-electron chi connectivity index (χ3n) is 0.172. The molecular formula is H5Cr2KO11S. The Hall–Kier alpha value is 1.65. The molecule has 0 aliphatic carbocycles. The van der Waals surface area contributed by atoms with E-state index in [4.69, 9.17) is 25.8 Å². The zero-order valence-corrected chi connectivity index (χ0v) is 9.24. The average Bonchev–Trinajstić information content (AvgIpc) is 1.42. The van der Waals surface area contributed by atoms with Gasteiger partial charge in [-0.3, -0.25) is 9.11 Å². The van der Waals surface area contributed by atoms with E-state index in [0.29, 0.717) is 0 Å². The van der Waals surface area contributed by atoms with Crippen molar-refractivity contribution in [1.29, 1.82) is 0 Å². The van der Waals surface area contributed by atoms with Gasteiger partial charge in [-0.1, -0.05) is 0 Å². The fourth-order valence-electron chi connectivity index (χ4n) is 0.109. The molecule has 0 aromatic heterocycles. The van der Waals surface area contributed by atoms with Crippen molar-refractivity contribution >= 4 is 61.8 Å². The maximum absolute atomic E-state index is 9.53. The van der Waals surface area contributed by atoms with Crippen LogP contribution in [0.2, 0.25) is 0 Å². The topological polar surface area (TPSA) is 193 Å². The van der Waals surface area contributed by atoms with Crippen molar-refractivity contribution in [3.63, 3.8) is 0 Å². The van der Waals surface area contributed by atoms with E-state index in [1.54, 1.807) is 0 Å². The molecule has 0 atom stereocenters. The third-order valence-corrected chi connectivity index (χ3v) is 2.92. The average molecular weight is 356 g/mol. The van der Waals surface area contributed by atoms with Crippen molar-refractivity contribution in [3.05, 3.63) is 0 Å². The molecule has 0 aromatic carbocycles. The van der Waals surface area contributed by atoms with E-state index < -0.39 is 37.6 Å². The first-order chi connectivity index (χ1) is 5.71. The van der Waals surface area contributed by atoms with E-state index in [9.17, 15) is 15.2 Å². The summed E-state index contributed by atoms with van der Waals surface area (Å²) in [5.41, 5.74) is 0. The molecule has 0 aliphatic heterocycles. The summed E-state index contributed by atoms with van der Waals surface area (Å²) in [7, 11) is -4.67. The monoisotopic (exact) mass is 356 g/mol. The van der Waals surface area contributed by atoms with Gasteiger partial charge in [-0.05, 0) is 0 Å². The molecule has 0 saturated carbocycles. The molecule has 0 radical (unpaired) electrons. The minimum absolute atomic E-state index is 0. The fraction of sp³-hybridized carbons (Fsp3) is 0. The fourth-order valence-corrected chi connectivity index (χ4v) is 1.85. The second kappa shape index (κ2) is 7.88. The Labute approximate surface area is 131 Å². The maximum atomic E-state index is 9.53. The van der Waals surface area contributed by atoms with Gasteiger partial charge in [-0.2, -0.15) is 8.42 Å². The van der Waals surface area contributed by atoms with Crippen LogP contribution < -0.4 is 0 Å². The molecule has 0 aliphatic rings. The summed E-state index contributed by atoms with van der Waals surface area (Å²) in [6, 6.07) is 0. The van der Waals surface area contributed by atoms with Crippen LogP contribution in [0.4, 0.5) is 0 Å². The van der Waals surface area contributed by atoms with Gasteiger partial charge in [-0.15, -0.1) is 0 Å². The van der Waals surface area contributed by atoms with E-state index in [1.807, 2.05) is 0 Å². The summed E-state index contributed by atoms with van der Waals surface area (Å²) in [6.07, 6.45) is 0. The van der Waals surface area contributed by atoms with Crippen LogP contribution in [0.15, 0.2) is 0 Å². The molecule has 11 nitrogen and oxygen atoms in total. The van der Waals surface area contributed by atoms with Crippen LogP contribution in [-0.2, 0) is 55.7 Å². The quantitative estimate of drug-likeness (QED) is 0.292. The van der Waals surface area contributed by atoms with E-state index in [0.717, 1.165) is 0 Å². The molecule has 0 saturated heterocycles. The summed E-state index contributed by atoms with van der Waals surface area (Å²) in [5, 5.41) is 0. The van der Waals surface area contributed by atoms with Gasteiger partial charge in [0.25, 0.3) is 0 Å². The molecule has 0 heterocycles. The van der Waals surface area contributed by atoms with Gasteiger partial charge in [0, 0.05) is 0 Å². The van der Waals surface area contributed by atoms with Crippen molar-refractivity contribution < 1.29 is 71.1 Å². The van der Waals surface area contributed by atoms with E-state index in [2.05, 4.69) is 2.84 Å². The van der Waals surface area contributed by atoms with Gasteiger partial charge >= 0.3 is 115 Å². The summed E-state index contributed by atoms with van der Waals surface area (Å²) >= 11 is -11.5. The number of hydrogen-bond donors (Lipinski definition) is 4. The summed E-state index contributed by atoms with van der Waals surface area (Å²) in [6.45, 7) is 0. The van der Waals surface area contributed by atoms with Gasteiger partial charge < -0.3 is 0 Å². The van der Waals surface area contributed by atoms with E-state index in [-0.39, 0.29) is 51.4 Å². The molecule has 0 unspecified atom stereocenters. The van der Waals surface area contributed by atoms with Crippen molar-refractivity contribution in [2.45, 2.75) is 0 Å². The SMILES string of the molecule is O=S(=O)(O)O.[KH].[O]=[Cr](=[O])([OH])[O][Cr](=[O])(=[O])[OH]. The molecular weight excluding hydrogens is 351 g/mol. The zero-order chi connectivity index (χ0) is 12.2. The first-order valence-electron chi connectivity index (χ1n) is 2.06. The Bertz CT molecular complexity index is 411. The summed E-state index contributed by atoms with van der Waals surface area (Å²) in [5.74, 6) is 0. The van der Waals surface area contributed by atoms with Gasteiger partial charge in [0.2, 0.25) is 0 Å². The van der Waals surface area contributed by atoms with Crippen LogP contribution in [-0.4, -0.2) is 77.2 Å². The van der Waals surface area contributed by atoms with Crippen molar-refractivity contribution in [1.82, 2.24) is 0 Å². The Morgan fingerprint density at radius 2 is 1.00 bits per heavy atom. The molecule has 15 heavy (non-hydrogen) atoms. The van der Waals surface area contributed by atoms with Crippen LogP contribution >= 0.6 is 0 Å². The third kappa shape index (κ3) is 49.8. The van der Waals surface area contributed by atoms with Gasteiger partial charge in [-0.25, -0.2) is 0 Å².